The number of hydrogen-bond acceptors (Lipinski definition) is 5. The van der Waals surface area contributed by atoms with Crippen LogP contribution >= 0.6 is 0 Å². The first-order valence-corrected chi connectivity index (χ1v) is 8.09. The monoisotopic (exact) mass is 299 g/mol. The van der Waals surface area contributed by atoms with Gasteiger partial charge in [0.25, 0.3) is 0 Å². The van der Waals surface area contributed by atoms with Crippen molar-refractivity contribution in [3.63, 3.8) is 0 Å². The number of nitrogens with zero attached hydrogens (tertiary/aromatic N) is 1. The molecular formula is C13H21N3O3S. The van der Waals surface area contributed by atoms with Gasteiger partial charge in [0.1, 0.15) is 12.4 Å². The number of ether oxygens (including phenoxy) is 1. The van der Waals surface area contributed by atoms with Crippen molar-refractivity contribution in [2.24, 2.45) is 5.14 Å². The van der Waals surface area contributed by atoms with E-state index in [-0.39, 0.29) is 4.90 Å². The summed E-state index contributed by atoms with van der Waals surface area (Å²) in [5, 5.41) is 5.17. The first-order chi connectivity index (χ1) is 9.29. The minimum atomic E-state index is -3.79. The maximum atomic E-state index is 11.5. The van der Waals surface area contributed by atoms with Crippen LogP contribution < -0.4 is 15.6 Å². The molecule has 1 saturated carbocycles. The van der Waals surface area contributed by atoms with E-state index < -0.39 is 10.0 Å². The number of likely N-dealkylation sites (N-methyl/N-ethyl adjacent to an activating group) is 1. The predicted octanol–water partition coefficient (Wildman–Crippen LogP) is 0.698. The topological polar surface area (TPSA) is 98.7 Å². The standard InChI is InChI=1S/C13H21N3O3S/c1-9-12(19-6-5-16(2)11-3-4-11)7-10(14)8-13(9)20(15,17)18/h7-8,11H,3-6,14H2,1-2H3,(H2,15,17,18). The van der Waals surface area contributed by atoms with E-state index in [2.05, 4.69) is 11.9 Å². The molecule has 0 aliphatic heterocycles. The van der Waals surface area contributed by atoms with E-state index in [9.17, 15) is 8.42 Å². The lowest BCUT2D eigenvalue weighted by atomic mass is 10.2. The Kier molecular flexibility index (Phi) is 4.22. The molecule has 1 aliphatic rings. The van der Waals surface area contributed by atoms with E-state index in [0.29, 0.717) is 29.6 Å². The van der Waals surface area contributed by atoms with Gasteiger partial charge in [0.05, 0.1) is 4.90 Å². The molecule has 0 heterocycles. The van der Waals surface area contributed by atoms with E-state index >= 15 is 0 Å². The Morgan fingerprint density at radius 2 is 2.05 bits per heavy atom. The summed E-state index contributed by atoms with van der Waals surface area (Å²) in [6.07, 6.45) is 2.48. The van der Waals surface area contributed by atoms with Crippen LogP contribution in [-0.4, -0.2) is 39.6 Å². The molecule has 0 saturated heterocycles. The van der Waals surface area contributed by atoms with Crippen LogP contribution in [0.1, 0.15) is 18.4 Å². The third-order valence-electron chi connectivity index (χ3n) is 3.51. The second kappa shape index (κ2) is 5.59. The van der Waals surface area contributed by atoms with Gasteiger partial charge in [-0.05, 0) is 32.9 Å². The van der Waals surface area contributed by atoms with Crippen LogP contribution in [0.25, 0.3) is 0 Å². The smallest absolute Gasteiger partial charge is 0.238 e. The van der Waals surface area contributed by atoms with Crippen LogP contribution in [0.5, 0.6) is 5.75 Å². The van der Waals surface area contributed by atoms with Crippen molar-refractivity contribution in [3.8, 4) is 5.75 Å². The molecule has 0 amide bonds. The average molecular weight is 299 g/mol. The van der Waals surface area contributed by atoms with Crippen molar-refractivity contribution < 1.29 is 13.2 Å². The lowest BCUT2D eigenvalue weighted by molar-refractivity contribution is 0.230. The molecule has 2 rings (SSSR count). The van der Waals surface area contributed by atoms with Crippen LogP contribution in [0.3, 0.4) is 0 Å². The molecule has 0 radical (unpaired) electrons. The average Bonchev–Trinajstić information content (AvgIpc) is 3.15. The van der Waals surface area contributed by atoms with E-state index in [0.717, 1.165) is 6.54 Å². The SMILES string of the molecule is Cc1c(OCCN(C)C2CC2)cc(N)cc1S(N)(=O)=O. The fraction of sp³-hybridized carbons (Fsp3) is 0.538. The maximum Gasteiger partial charge on any atom is 0.238 e. The first-order valence-electron chi connectivity index (χ1n) is 6.55. The summed E-state index contributed by atoms with van der Waals surface area (Å²) in [7, 11) is -1.74. The number of benzene rings is 1. The van der Waals surface area contributed by atoms with E-state index in [1.54, 1.807) is 13.0 Å². The number of hydrogen-bond donors (Lipinski definition) is 2. The summed E-state index contributed by atoms with van der Waals surface area (Å²) in [6.45, 7) is 2.95. The summed E-state index contributed by atoms with van der Waals surface area (Å²) < 4.78 is 28.7. The highest BCUT2D eigenvalue weighted by atomic mass is 32.2. The molecule has 6 nitrogen and oxygen atoms in total. The highest BCUT2D eigenvalue weighted by molar-refractivity contribution is 7.89. The van der Waals surface area contributed by atoms with E-state index in [1.165, 1.54) is 18.9 Å². The van der Waals surface area contributed by atoms with E-state index in [1.807, 2.05) is 0 Å². The zero-order valence-corrected chi connectivity index (χ0v) is 12.6. The number of sulfonamides is 1. The Morgan fingerprint density at radius 3 is 2.60 bits per heavy atom. The predicted molar refractivity (Wildman–Crippen MR) is 78.1 cm³/mol. The Morgan fingerprint density at radius 1 is 1.40 bits per heavy atom. The largest absolute Gasteiger partial charge is 0.492 e. The third kappa shape index (κ3) is 3.62. The lowest BCUT2D eigenvalue weighted by Crippen LogP contribution is -2.26. The highest BCUT2D eigenvalue weighted by Gasteiger charge is 2.25. The molecule has 0 aromatic heterocycles. The van der Waals surface area contributed by atoms with Gasteiger partial charge in [0.2, 0.25) is 10.0 Å². The molecule has 112 valence electrons. The Balaban J connectivity index is 2.09. The summed E-state index contributed by atoms with van der Waals surface area (Å²) in [6, 6.07) is 3.65. The van der Waals surface area contributed by atoms with Gasteiger partial charge in [-0.2, -0.15) is 0 Å². The van der Waals surface area contributed by atoms with E-state index in [4.69, 9.17) is 15.6 Å². The van der Waals surface area contributed by atoms with Gasteiger partial charge < -0.3 is 15.4 Å². The fourth-order valence-electron chi connectivity index (χ4n) is 2.13. The highest BCUT2D eigenvalue weighted by Crippen LogP contribution is 2.28. The quantitative estimate of drug-likeness (QED) is 0.753. The molecular weight excluding hydrogens is 278 g/mol. The van der Waals surface area contributed by atoms with Gasteiger partial charge in [0, 0.05) is 29.9 Å². The van der Waals surface area contributed by atoms with Crippen LogP contribution in [0.4, 0.5) is 5.69 Å². The van der Waals surface area contributed by atoms with Gasteiger partial charge in [0.15, 0.2) is 0 Å². The molecule has 0 spiro atoms. The molecule has 7 heteroatoms. The molecule has 0 atom stereocenters. The molecule has 1 fully saturated rings. The second-order valence-corrected chi connectivity index (χ2v) is 6.78. The fourth-order valence-corrected chi connectivity index (χ4v) is 2.95. The number of nitrogens with two attached hydrogens (primary N) is 2. The molecule has 0 bridgehead atoms. The van der Waals surface area contributed by atoms with Crippen molar-refractivity contribution in [1.29, 1.82) is 0 Å². The Hall–Kier alpha value is -1.31. The molecule has 1 aliphatic carbocycles. The molecule has 20 heavy (non-hydrogen) atoms. The summed E-state index contributed by atoms with van der Waals surface area (Å²) in [5.41, 5.74) is 6.52. The number of rotatable bonds is 6. The minimum absolute atomic E-state index is 0.0167. The normalized spacial score (nSPS) is 15.6. The molecule has 4 N–H and O–H groups in total. The summed E-state index contributed by atoms with van der Waals surface area (Å²) >= 11 is 0. The van der Waals surface area contributed by atoms with Crippen LogP contribution in [0.2, 0.25) is 0 Å². The van der Waals surface area contributed by atoms with Gasteiger partial charge in [-0.3, -0.25) is 0 Å². The molecule has 0 unspecified atom stereocenters. The van der Waals surface area contributed by atoms with Gasteiger partial charge in [-0.1, -0.05) is 0 Å². The van der Waals surface area contributed by atoms with Crippen LogP contribution in [0, 0.1) is 6.92 Å². The summed E-state index contributed by atoms with van der Waals surface area (Å²) in [4.78, 5) is 2.26. The van der Waals surface area contributed by atoms with Crippen molar-refractivity contribution in [3.05, 3.63) is 17.7 Å². The lowest BCUT2D eigenvalue weighted by Gasteiger charge is -2.17. The first kappa shape index (κ1) is 15.1. The number of primary sulfonamides is 1. The van der Waals surface area contributed by atoms with Crippen molar-refractivity contribution in [2.75, 3.05) is 25.9 Å². The van der Waals surface area contributed by atoms with Crippen molar-refractivity contribution in [1.82, 2.24) is 4.90 Å². The minimum Gasteiger partial charge on any atom is -0.492 e. The van der Waals surface area contributed by atoms with Gasteiger partial charge in [-0.15, -0.1) is 0 Å². The zero-order valence-electron chi connectivity index (χ0n) is 11.8. The zero-order chi connectivity index (χ0) is 14.9. The Bertz CT molecular complexity index is 597. The van der Waals surface area contributed by atoms with Crippen molar-refractivity contribution >= 4 is 15.7 Å². The second-order valence-electron chi connectivity index (χ2n) is 5.25. The molecule has 1 aromatic carbocycles. The molecule has 1 aromatic rings. The van der Waals surface area contributed by atoms with Gasteiger partial charge in [-0.25, -0.2) is 13.6 Å². The Labute approximate surface area is 119 Å². The third-order valence-corrected chi connectivity index (χ3v) is 4.55. The number of anilines is 1. The van der Waals surface area contributed by atoms with Gasteiger partial charge >= 0.3 is 0 Å². The van der Waals surface area contributed by atoms with Crippen LogP contribution in [-0.2, 0) is 10.0 Å². The number of nitrogen functional groups attached to an aromatic ring is 1. The van der Waals surface area contributed by atoms with Crippen molar-refractivity contribution in [2.45, 2.75) is 30.7 Å². The van der Waals surface area contributed by atoms with Crippen LogP contribution in [0.15, 0.2) is 17.0 Å². The maximum absolute atomic E-state index is 11.5. The summed E-state index contributed by atoms with van der Waals surface area (Å²) in [5.74, 6) is 0.471.